The quantitative estimate of drug-likeness (QED) is 0.629. The Morgan fingerprint density at radius 1 is 1.06 bits per heavy atom. The Kier molecular flexibility index (Phi) is 4.97. The average Bonchev–Trinajstić information content (AvgIpc) is 3.23. The Labute approximate surface area is 197 Å². The first kappa shape index (κ1) is 22.1. The maximum atomic E-state index is 13.3. The van der Waals surface area contributed by atoms with Crippen LogP contribution in [-0.2, 0) is 10.4 Å². The summed E-state index contributed by atoms with van der Waals surface area (Å²) in [7, 11) is 3.27. The van der Waals surface area contributed by atoms with Gasteiger partial charge in [0.05, 0.1) is 23.2 Å². The van der Waals surface area contributed by atoms with Crippen molar-refractivity contribution in [3.8, 4) is 23.1 Å². The molecule has 0 spiro atoms. The molecule has 0 radical (unpaired) electrons. The van der Waals surface area contributed by atoms with Crippen molar-refractivity contribution >= 4 is 5.91 Å². The molecule has 1 aromatic heterocycles. The number of carbonyl (C=O) groups is 1. The first-order chi connectivity index (χ1) is 16.2. The van der Waals surface area contributed by atoms with Gasteiger partial charge in [0.15, 0.2) is 5.60 Å². The number of hydrogen-bond acceptors (Lipinski definition) is 6. The number of benzene rings is 2. The fourth-order valence-corrected chi connectivity index (χ4v) is 5.38. The van der Waals surface area contributed by atoms with Gasteiger partial charge in [-0.25, -0.2) is 4.98 Å². The molecular weight excluding hydrogens is 430 g/mol. The van der Waals surface area contributed by atoms with E-state index in [0.29, 0.717) is 17.0 Å². The minimum Gasteiger partial charge on any atom is -0.484 e. The fourth-order valence-electron chi connectivity index (χ4n) is 5.38. The van der Waals surface area contributed by atoms with Crippen LogP contribution >= 0.6 is 0 Å². The molecule has 5 atom stereocenters. The highest BCUT2D eigenvalue weighted by Crippen LogP contribution is 2.62. The Morgan fingerprint density at radius 2 is 1.74 bits per heavy atom. The van der Waals surface area contributed by atoms with Crippen LogP contribution < -0.4 is 4.74 Å². The smallest absolute Gasteiger partial charge is 0.228 e. The maximum absolute atomic E-state index is 13.3. The molecule has 0 bridgehead atoms. The summed E-state index contributed by atoms with van der Waals surface area (Å²) < 4.78 is 6.24. The van der Waals surface area contributed by atoms with Crippen LogP contribution in [0, 0.1) is 17.2 Å². The predicted octanol–water partition coefficient (Wildman–Crippen LogP) is 2.82. The molecule has 34 heavy (non-hydrogen) atoms. The number of aliphatic hydroxyl groups is 2. The van der Waals surface area contributed by atoms with Crippen molar-refractivity contribution in [1.29, 1.82) is 5.26 Å². The summed E-state index contributed by atoms with van der Waals surface area (Å²) in [4.78, 5) is 19.5. The molecule has 172 valence electrons. The normalized spacial score (nSPS) is 29.0. The van der Waals surface area contributed by atoms with Crippen molar-refractivity contribution in [2.75, 3.05) is 14.1 Å². The lowest BCUT2D eigenvalue weighted by atomic mass is 9.78. The number of rotatable bonds is 3. The number of hydrogen-bond donors (Lipinski definition) is 2. The average molecular weight is 456 g/mol. The molecule has 2 aliphatic rings. The van der Waals surface area contributed by atoms with Crippen LogP contribution in [0.4, 0.5) is 0 Å². The second-order valence-corrected chi connectivity index (χ2v) is 9.33. The highest BCUT2D eigenvalue weighted by Gasteiger charge is 2.74. The third-order valence-corrected chi connectivity index (χ3v) is 7.15. The van der Waals surface area contributed by atoms with E-state index >= 15 is 0 Å². The Hall–Kier alpha value is -3.73. The molecule has 1 fully saturated rings. The van der Waals surface area contributed by atoms with E-state index in [1.165, 1.54) is 11.8 Å². The Bertz CT molecular complexity index is 1300. The molecule has 7 nitrogen and oxygen atoms in total. The number of nitrogens with zero attached hydrogens (tertiary/aromatic N) is 3. The van der Waals surface area contributed by atoms with Crippen molar-refractivity contribution in [3.63, 3.8) is 0 Å². The summed E-state index contributed by atoms with van der Waals surface area (Å²) in [6.07, 6.45) is -0.905. The number of amides is 1. The number of fused-ring (bicyclic) bond motifs is 3. The van der Waals surface area contributed by atoms with Crippen LogP contribution in [-0.4, -0.2) is 51.8 Å². The van der Waals surface area contributed by atoms with E-state index in [4.69, 9.17) is 15.0 Å². The highest BCUT2D eigenvalue weighted by molar-refractivity contribution is 5.82. The summed E-state index contributed by atoms with van der Waals surface area (Å²) in [5, 5.41) is 33.1. The van der Waals surface area contributed by atoms with Crippen molar-refractivity contribution in [1.82, 2.24) is 9.88 Å². The standard InChI is InChI=1S/C27H25N3O4/c1-26(32)22(25(31)30(2)3)21(18-7-5-4-6-8-18)24-27(26,33)23-20(34-24)14-13-19(29-23)17-11-9-16(15-28)10-12-17/h4-14,21-22,24,32-33H,1-3H3. The topological polar surface area (TPSA) is 107 Å². The monoisotopic (exact) mass is 455 g/mol. The molecule has 2 aromatic carbocycles. The Morgan fingerprint density at radius 3 is 2.35 bits per heavy atom. The molecule has 2 N–H and O–H groups in total. The highest BCUT2D eigenvalue weighted by atomic mass is 16.5. The molecule has 5 rings (SSSR count). The maximum Gasteiger partial charge on any atom is 0.228 e. The second kappa shape index (κ2) is 7.66. The van der Waals surface area contributed by atoms with Gasteiger partial charge in [-0.15, -0.1) is 0 Å². The fraction of sp³-hybridized carbons (Fsp3) is 0.296. The van der Waals surface area contributed by atoms with Gasteiger partial charge >= 0.3 is 0 Å². The van der Waals surface area contributed by atoms with Gasteiger partial charge in [-0.1, -0.05) is 42.5 Å². The largest absolute Gasteiger partial charge is 0.484 e. The lowest BCUT2D eigenvalue weighted by Gasteiger charge is -2.37. The zero-order valence-corrected chi connectivity index (χ0v) is 19.1. The Balaban J connectivity index is 1.67. The van der Waals surface area contributed by atoms with E-state index in [9.17, 15) is 15.0 Å². The molecule has 1 aliphatic heterocycles. The summed E-state index contributed by atoms with van der Waals surface area (Å²) in [6, 6.07) is 21.9. The van der Waals surface area contributed by atoms with Gasteiger partial charge in [0.1, 0.15) is 23.1 Å². The number of carbonyl (C=O) groups excluding carboxylic acids is 1. The van der Waals surface area contributed by atoms with Crippen LogP contribution in [0.5, 0.6) is 5.75 Å². The zero-order chi connectivity index (χ0) is 24.3. The lowest BCUT2D eigenvalue weighted by molar-refractivity contribution is -0.172. The van der Waals surface area contributed by atoms with Gasteiger partial charge in [0.2, 0.25) is 5.91 Å². The number of aromatic nitrogens is 1. The minimum absolute atomic E-state index is 0.208. The van der Waals surface area contributed by atoms with Crippen molar-refractivity contribution in [3.05, 3.63) is 83.6 Å². The van der Waals surface area contributed by atoms with Crippen LogP contribution in [0.3, 0.4) is 0 Å². The van der Waals surface area contributed by atoms with Crippen LogP contribution in [0.25, 0.3) is 11.3 Å². The van der Waals surface area contributed by atoms with Crippen LogP contribution in [0.15, 0.2) is 66.7 Å². The van der Waals surface area contributed by atoms with Crippen LogP contribution in [0.2, 0.25) is 0 Å². The lowest BCUT2D eigenvalue weighted by Crippen LogP contribution is -2.54. The van der Waals surface area contributed by atoms with Crippen molar-refractivity contribution in [2.45, 2.75) is 30.1 Å². The molecule has 3 aromatic rings. The molecule has 1 saturated carbocycles. The summed E-state index contributed by atoms with van der Waals surface area (Å²) in [5.74, 6) is -1.46. The van der Waals surface area contributed by atoms with E-state index in [0.717, 1.165) is 11.1 Å². The molecular formula is C27H25N3O4. The summed E-state index contributed by atoms with van der Waals surface area (Å²) in [6.45, 7) is 1.49. The SMILES string of the molecule is CN(C)C(=O)C1C(c2ccccc2)C2Oc3ccc(-c4ccc(C#N)cc4)nc3C2(O)C1(C)O. The first-order valence-corrected chi connectivity index (χ1v) is 11.1. The van der Waals surface area contributed by atoms with E-state index in [1.807, 2.05) is 30.3 Å². The molecule has 1 aliphatic carbocycles. The summed E-state index contributed by atoms with van der Waals surface area (Å²) in [5.41, 5.74) is -0.921. The third kappa shape index (κ3) is 2.96. The number of pyridine rings is 1. The van der Waals surface area contributed by atoms with E-state index in [1.54, 1.807) is 50.5 Å². The van der Waals surface area contributed by atoms with E-state index in [-0.39, 0.29) is 11.6 Å². The van der Waals surface area contributed by atoms with Gasteiger partial charge in [-0.3, -0.25) is 4.79 Å². The number of ether oxygens (including phenoxy) is 1. The molecule has 2 heterocycles. The van der Waals surface area contributed by atoms with Gasteiger partial charge in [0, 0.05) is 25.6 Å². The third-order valence-electron chi connectivity index (χ3n) is 7.15. The second-order valence-electron chi connectivity index (χ2n) is 9.33. The van der Waals surface area contributed by atoms with Gasteiger partial charge in [-0.05, 0) is 36.8 Å². The van der Waals surface area contributed by atoms with E-state index < -0.39 is 29.1 Å². The summed E-state index contributed by atoms with van der Waals surface area (Å²) >= 11 is 0. The minimum atomic E-state index is -1.91. The van der Waals surface area contributed by atoms with E-state index in [2.05, 4.69) is 6.07 Å². The molecule has 7 heteroatoms. The first-order valence-electron chi connectivity index (χ1n) is 11.1. The van der Waals surface area contributed by atoms with Crippen molar-refractivity contribution in [2.24, 2.45) is 5.92 Å². The van der Waals surface area contributed by atoms with Crippen molar-refractivity contribution < 1.29 is 19.7 Å². The molecule has 5 unspecified atom stereocenters. The van der Waals surface area contributed by atoms with Gasteiger partial charge in [0.25, 0.3) is 0 Å². The molecule has 1 amide bonds. The van der Waals surface area contributed by atoms with Gasteiger partial charge in [-0.2, -0.15) is 5.26 Å². The number of nitriles is 1. The zero-order valence-electron chi connectivity index (χ0n) is 19.1. The van der Waals surface area contributed by atoms with Crippen LogP contribution in [0.1, 0.15) is 29.7 Å². The van der Waals surface area contributed by atoms with Gasteiger partial charge < -0.3 is 19.8 Å². The molecule has 0 saturated heterocycles. The predicted molar refractivity (Wildman–Crippen MR) is 125 cm³/mol.